The Labute approximate surface area is 158 Å². The number of benzene rings is 1. The molecule has 0 radical (unpaired) electrons. The molecular formula is C18H20N6O2S. The number of sulfonamides is 1. The highest BCUT2D eigenvalue weighted by Gasteiger charge is 2.12. The zero-order valence-electron chi connectivity index (χ0n) is 14.8. The molecule has 0 saturated heterocycles. The molecule has 0 amide bonds. The van der Waals surface area contributed by atoms with Gasteiger partial charge in [0.15, 0.2) is 5.82 Å². The summed E-state index contributed by atoms with van der Waals surface area (Å²) in [6.45, 7) is 2.52. The van der Waals surface area contributed by atoms with Crippen LogP contribution in [0.15, 0.2) is 65.7 Å². The first-order valence-electron chi connectivity index (χ1n) is 8.35. The van der Waals surface area contributed by atoms with Gasteiger partial charge in [-0.1, -0.05) is 23.8 Å². The van der Waals surface area contributed by atoms with Crippen LogP contribution in [-0.4, -0.2) is 36.7 Å². The van der Waals surface area contributed by atoms with Gasteiger partial charge >= 0.3 is 0 Å². The number of aryl methyl sites for hydroxylation is 1. The van der Waals surface area contributed by atoms with Crippen LogP contribution in [0.1, 0.15) is 5.56 Å². The lowest BCUT2D eigenvalue weighted by atomic mass is 10.2. The molecule has 140 valence electrons. The van der Waals surface area contributed by atoms with Gasteiger partial charge in [0.1, 0.15) is 11.6 Å². The lowest BCUT2D eigenvalue weighted by Crippen LogP contribution is -2.29. The van der Waals surface area contributed by atoms with Gasteiger partial charge in [-0.3, -0.25) is 0 Å². The zero-order valence-corrected chi connectivity index (χ0v) is 15.6. The third-order valence-electron chi connectivity index (χ3n) is 3.64. The van der Waals surface area contributed by atoms with Gasteiger partial charge in [0.25, 0.3) is 0 Å². The Hall–Kier alpha value is -3.04. The monoisotopic (exact) mass is 384 g/mol. The van der Waals surface area contributed by atoms with Gasteiger partial charge in [-0.15, -0.1) is 10.2 Å². The molecule has 2 aromatic heterocycles. The number of anilines is 3. The molecular weight excluding hydrogens is 364 g/mol. The molecule has 3 aromatic rings. The van der Waals surface area contributed by atoms with Crippen molar-refractivity contribution in [2.75, 3.05) is 23.7 Å². The lowest BCUT2D eigenvalue weighted by Gasteiger charge is -2.09. The summed E-state index contributed by atoms with van der Waals surface area (Å²) in [4.78, 5) is 4.40. The van der Waals surface area contributed by atoms with Gasteiger partial charge in [0.2, 0.25) is 10.0 Å². The van der Waals surface area contributed by atoms with E-state index in [1.54, 1.807) is 42.6 Å². The maximum atomic E-state index is 12.2. The molecule has 9 heteroatoms. The minimum atomic E-state index is -3.52. The standard InChI is InChI=1S/C18H20N6O2S/c1-14-5-7-15(8-6-14)27(25,26)21-13-12-20-17-9-10-18(24-23-17)22-16-4-2-3-11-19-16/h2-11,21H,12-13H2,1H3,(H,20,23)(H,19,22,24). The molecule has 0 saturated carbocycles. The highest BCUT2D eigenvalue weighted by atomic mass is 32.2. The van der Waals surface area contributed by atoms with Gasteiger partial charge in [0, 0.05) is 19.3 Å². The molecule has 27 heavy (non-hydrogen) atoms. The van der Waals surface area contributed by atoms with Crippen molar-refractivity contribution < 1.29 is 8.42 Å². The maximum Gasteiger partial charge on any atom is 0.240 e. The van der Waals surface area contributed by atoms with E-state index in [0.717, 1.165) is 5.56 Å². The van der Waals surface area contributed by atoms with Gasteiger partial charge < -0.3 is 10.6 Å². The first kappa shape index (κ1) is 18.7. The van der Waals surface area contributed by atoms with E-state index in [9.17, 15) is 8.42 Å². The zero-order chi connectivity index (χ0) is 19.1. The smallest absolute Gasteiger partial charge is 0.240 e. The number of nitrogens with one attached hydrogen (secondary N) is 3. The Morgan fingerprint density at radius 3 is 2.26 bits per heavy atom. The second kappa shape index (κ2) is 8.56. The van der Waals surface area contributed by atoms with Crippen LogP contribution in [0.3, 0.4) is 0 Å². The van der Waals surface area contributed by atoms with Crippen molar-refractivity contribution in [1.29, 1.82) is 0 Å². The van der Waals surface area contributed by atoms with E-state index in [0.29, 0.717) is 24.0 Å². The minimum absolute atomic E-state index is 0.228. The van der Waals surface area contributed by atoms with Crippen molar-refractivity contribution in [1.82, 2.24) is 19.9 Å². The molecule has 0 aliphatic rings. The van der Waals surface area contributed by atoms with Crippen molar-refractivity contribution in [3.05, 3.63) is 66.4 Å². The van der Waals surface area contributed by atoms with E-state index in [4.69, 9.17) is 0 Å². The van der Waals surface area contributed by atoms with Crippen LogP contribution in [0.5, 0.6) is 0 Å². The first-order chi connectivity index (χ1) is 13.0. The predicted octanol–water partition coefficient (Wildman–Crippen LogP) is 2.31. The number of hydrogen-bond donors (Lipinski definition) is 3. The number of aromatic nitrogens is 3. The summed E-state index contributed by atoms with van der Waals surface area (Å²) in [6, 6.07) is 15.8. The summed E-state index contributed by atoms with van der Waals surface area (Å²) in [7, 11) is -3.52. The molecule has 3 rings (SSSR count). The predicted molar refractivity (Wildman–Crippen MR) is 104 cm³/mol. The van der Waals surface area contributed by atoms with Crippen molar-refractivity contribution in [2.24, 2.45) is 0 Å². The molecule has 1 aromatic carbocycles. The molecule has 3 N–H and O–H groups in total. The van der Waals surface area contributed by atoms with Gasteiger partial charge in [0.05, 0.1) is 4.90 Å². The van der Waals surface area contributed by atoms with Gasteiger partial charge in [-0.05, 0) is 43.3 Å². The van der Waals surface area contributed by atoms with E-state index >= 15 is 0 Å². The van der Waals surface area contributed by atoms with E-state index in [2.05, 4.69) is 30.5 Å². The number of pyridine rings is 1. The van der Waals surface area contributed by atoms with E-state index < -0.39 is 10.0 Å². The fourth-order valence-electron chi connectivity index (χ4n) is 2.24. The third kappa shape index (κ3) is 5.47. The summed E-state index contributed by atoms with van der Waals surface area (Å²) in [5.74, 6) is 1.80. The van der Waals surface area contributed by atoms with Crippen LogP contribution in [0.25, 0.3) is 0 Å². The molecule has 2 heterocycles. The van der Waals surface area contributed by atoms with E-state index in [-0.39, 0.29) is 11.4 Å². The summed E-state index contributed by atoms with van der Waals surface area (Å²) >= 11 is 0. The third-order valence-corrected chi connectivity index (χ3v) is 5.12. The van der Waals surface area contributed by atoms with Crippen LogP contribution < -0.4 is 15.4 Å². The van der Waals surface area contributed by atoms with Gasteiger partial charge in [-0.2, -0.15) is 0 Å². The molecule has 8 nitrogen and oxygen atoms in total. The Kier molecular flexibility index (Phi) is 5.94. The molecule has 0 aliphatic heterocycles. The van der Waals surface area contributed by atoms with Crippen LogP contribution >= 0.6 is 0 Å². The average Bonchev–Trinajstić information content (AvgIpc) is 2.68. The van der Waals surface area contributed by atoms with Crippen molar-refractivity contribution >= 4 is 27.5 Å². The maximum absolute atomic E-state index is 12.2. The van der Waals surface area contributed by atoms with Crippen LogP contribution in [0, 0.1) is 6.92 Å². The number of nitrogens with zero attached hydrogens (tertiary/aromatic N) is 3. The molecule has 0 fully saturated rings. The highest BCUT2D eigenvalue weighted by Crippen LogP contribution is 2.12. The van der Waals surface area contributed by atoms with E-state index in [1.807, 2.05) is 25.1 Å². The van der Waals surface area contributed by atoms with Crippen LogP contribution in [0.4, 0.5) is 17.5 Å². The van der Waals surface area contributed by atoms with Crippen molar-refractivity contribution in [3.63, 3.8) is 0 Å². The Morgan fingerprint density at radius 2 is 1.59 bits per heavy atom. The normalized spacial score (nSPS) is 11.1. The fraction of sp³-hybridized carbons (Fsp3) is 0.167. The average molecular weight is 384 g/mol. The van der Waals surface area contributed by atoms with Crippen molar-refractivity contribution in [3.8, 4) is 0 Å². The molecule has 0 spiro atoms. The summed E-state index contributed by atoms with van der Waals surface area (Å²) in [5, 5.41) is 14.2. The molecule has 0 unspecified atom stereocenters. The van der Waals surface area contributed by atoms with Crippen LogP contribution in [0.2, 0.25) is 0 Å². The summed E-state index contributed by atoms with van der Waals surface area (Å²) in [5.41, 5.74) is 1.01. The first-order valence-corrected chi connectivity index (χ1v) is 9.83. The quantitative estimate of drug-likeness (QED) is 0.511. The Balaban J connectivity index is 1.47. The number of hydrogen-bond acceptors (Lipinski definition) is 7. The second-order valence-electron chi connectivity index (χ2n) is 5.78. The van der Waals surface area contributed by atoms with Crippen molar-refractivity contribution in [2.45, 2.75) is 11.8 Å². The summed E-state index contributed by atoms with van der Waals surface area (Å²) in [6.07, 6.45) is 1.68. The Morgan fingerprint density at radius 1 is 0.852 bits per heavy atom. The Bertz CT molecular complexity index is 961. The lowest BCUT2D eigenvalue weighted by molar-refractivity contribution is 0.583. The number of rotatable bonds is 8. The van der Waals surface area contributed by atoms with Crippen LogP contribution in [-0.2, 0) is 10.0 Å². The second-order valence-corrected chi connectivity index (χ2v) is 7.55. The highest BCUT2D eigenvalue weighted by molar-refractivity contribution is 7.89. The molecule has 0 bridgehead atoms. The largest absolute Gasteiger partial charge is 0.367 e. The fourth-order valence-corrected chi connectivity index (χ4v) is 3.27. The van der Waals surface area contributed by atoms with Gasteiger partial charge in [-0.25, -0.2) is 18.1 Å². The molecule has 0 aliphatic carbocycles. The topological polar surface area (TPSA) is 109 Å². The SMILES string of the molecule is Cc1ccc(S(=O)(=O)NCCNc2ccc(Nc3ccccn3)nn2)cc1. The minimum Gasteiger partial charge on any atom is -0.367 e. The summed E-state index contributed by atoms with van der Waals surface area (Å²) < 4.78 is 26.9. The van der Waals surface area contributed by atoms with E-state index in [1.165, 1.54) is 0 Å². The molecule has 0 atom stereocenters.